The third-order valence-electron chi connectivity index (χ3n) is 3.18. The van der Waals surface area contributed by atoms with Crippen molar-refractivity contribution in [1.82, 2.24) is 5.32 Å². The van der Waals surface area contributed by atoms with E-state index in [1.54, 1.807) is 31.4 Å². The van der Waals surface area contributed by atoms with Gasteiger partial charge in [-0.05, 0) is 24.3 Å². The van der Waals surface area contributed by atoms with Gasteiger partial charge in [0, 0.05) is 12.8 Å². The largest absolute Gasteiger partial charge is 0.493 e. The van der Waals surface area contributed by atoms with Crippen LogP contribution in [0.3, 0.4) is 0 Å². The van der Waals surface area contributed by atoms with E-state index in [1.807, 2.05) is 12.1 Å². The van der Waals surface area contributed by atoms with Crippen molar-refractivity contribution in [3.63, 3.8) is 0 Å². The SMILES string of the molecule is COc1ccccc1OCCNC(=O)CCC(=O)c1ccc(Cl)s1. The van der Waals surface area contributed by atoms with Gasteiger partial charge in [-0.3, -0.25) is 9.59 Å². The summed E-state index contributed by atoms with van der Waals surface area (Å²) >= 11 is 7.01. The molecule has 0 bridgehead atoms. The maximum Gasteiger partial charge on any atom is 0.220 e. The number of carbonyl (C=O) groups is 2. The summed E-state index contributed by atoms with van der Waals surface area (Å²) in [6.07, 6.45) is 0.305. The minimum atomic E-state index is -0.186. The van der Waals surface area contributed by atoms with Crippen LogP contribution in [0.15, 0.2) is 36.4 Å². The number of Topliss-reactive ketones (excluding diaryl/α,β-unsaturated/α-hetero) is 1. The van der Waals surface area contributed by atoms with E-state index in [1.165, 1.54) is 11.3 Å². The van der Waals surface area contributed by atoms with E-state index in [0.29, 0.717) is 33.9 Å². The maximum atomic E-state index is 11.9. The molecule has 5 nitrogen and oxygen atoms in total. The molecule has 1 heterocycles. The molecule has 1 aromatic carbocycles. The lowest BCUT2D eigenvalue weighted by Crippen LogP contribution is -2.28. The van der Waals surface area contributed by atoms with E-state index in [0.717, 1.165) is 0 Å². The number of nitrogens with one attached hydrogen (secondary N) is 1. The van der Waals surface area contributed by atoms with Crippen molar-refractivity contribution in [2.45, 2.75) is 12.8 Å². The van der Waals surface area contributed by atoms with Crippen LogP contribution in [-0.2, 0) is 4.79 Å². The predicted octanol–water partition coefficient (Wildman–Crippen LogP) is 3.57. The van der Waals surface area contributed by atoms with Gasteiger partial charge in [0.1, 0.15) is 6.61 Å². The van der Waals surface area contributed by atoms with E-state index >= 15 is 0 Å². The summed E-state index contributed by atoms with van der Waals surface area (Å²) in [4.78, 5) is 24.2. The lowest BCUT2D eigenvalue weighted by Gasteiger charge is -2.10. The van der Waals surface area contributed by atoms with Crippen molar-refractivity contribution >= 4 is 34.6 Å². The average Bonchev–Trinajstić information content (AvgIpc) is 3.03. The Bertz CT molecular complexity index is 701. The van der Waals surface area contributed by atoms with Gasteiger partial charge < -0.3 is 14.8 Å². The Morgan fingerprint density at radius 2 is 1.88 bits per heavy atom. The quantitative estimate of drug-likeness (QED) is 0.543. The van der Waals surface area contributed by atoms with E-state index in [9.17, 15) is 9.59 Å². The van der Waals surface area contributed by atoms with Crippen molar-refractivity contribution in [3.05, 3.63) is 45.6 Å². The number of carbonyl (C=O) groups excluding carboxylic acids is 2. The molecule has 1 N–H and O–H groups in total. The van der Waals surface area contributed by atoms with Crippen LogP contribution >= 0.6 is 22.9 Å². The zero-order chi connectivity index (χ0) is 17.4. The fraction of sp³-hybridized carbons (Fsp3) is 0.294. The molecule has 1 aromatic heterocycles. The van der Waals surface area contributed by atoms with Crippen LogP contribution in [0.2, 0.25) is 4.34 Å². The molecular formula is C17H18ClNO4S. The fourth-order valence-corrected chi connectivity index (χ4v) is 3.00. The second kappa shape index (κ2) is 9.30. The summed E-state index contributed by atoms with van der Waals surface area (Å²) in [6.45, 7) is 0.677. The highest BCUT2D eigenvalue weighted by Gasteiger charge is 2.11. The fourth-order valence-electron chi connectivity index (χ4n) is 1.99. The van der Waals surface area contributed by atoms with E-state index < -0.39 is 0 Å². The van der Waals surface area contributed by atoms with Crippen molar-refractivity contribution in [3.8, 4) is 11.5 Å². The van der Waals surface area contributed by atoms with Crippen LogP contribution in [0.25, 0.3) is 0 Å². The van der Waals surface area contributed by atoms with Crippen molar-refractivity contribution in [1.29, 1.82) is 0 Å². The van der Waals surface area contributed by atoms with Crippen molar-refractivity contribution in [2.24, 2.45) is 0 Å². The number of halogens is 1. The Morgan fingerprint density at radius 3 is 2.54 bits per heavy atom. The van der Waals surface area contributed by atoms with E-state index in [4.69, 9.17) is 21.1 Å². The lowest BCUT2D eigenvalue weighted by atomic mass is 10.2. The molecule has 0 aliphatic carbocycles. The molecule has 0 unspecified atom stereocenters. The first kappa shape index (κ1) is 18.3. The Labute approximate surface area is 149 Å². The number of amides is 1. The van der Waals surface area contributed by atoms with Gasteiger partial charge in [-0.2, -0.15) is 0 Å². The number of ketones is 1. The first-order chi connectivity index (χ1) is 11.6. The molecular weight excluding hydrogens is 350 g/mol. The molecule has 0 atom stereocenters. The summed E-state index contributed by atoms with van der Waals surface area (Å²) < 4.78 is 11.3. The summed E-state index contributed by atoms with van der Waals surface area (Å²) in [5.41, 5.74) is 0. The maximum absolute atomic E-state index is 11.9. The molecule has 0 saturated heterocycles. The molecule has 0 aliphatic rings. The predicted molar refractivity (Wildman–Crippen MR) is 94.4 cm³/mol. The number of methoxy groups -OCH3 is 1. The highest BCUT2D eigenvalue weighted by molar-refractivity contribution is 7.18. The molecule has 0 saturated carbocycles. The number of hydrogen-bond donors (Lipinski definition) is 1. The van der Waals surface area contributed by atoms with Gasteiger partial charge >= 0.3 is 0 Å². The van der Waals surface area contributed by atoms with Gasteiger partial charge in [0.2, 0.25) is 5.91 Å². The molecule has 2 aromatic rings. The molecule has 7 heteroatoms. The molecule has 2 rings (SSSR count). The average molecular weight is 368 g/mol. The summed E-state index contributed by atoms with van der Waals surface area (Å²) in [5.74, 6) is 1.00. The second-order valence-corrected chi connectivity index (χ2v) is 6.59. The van der Waals surface area contributed by atoms with Gasteiger partial charge in [0.05, 0.1) is 22.9 Å². The topological polar surface area (TPSA) is 64.6 Å². The third-order valence-corrected chi connectivity index (χ3v) is 4.45. The molecule has 1 amide bonds. The number of hydrogen-bond acceptors (Lipinski definition) is 5. The Balaban J connectivity index is 1.65. The van der Waals surface area contributed by atoms with Gasteiger partial charge in [0.25, 0.3) is 0 Å². The highest BCUT2D eigenvalue weighted by Crippen LogP contribution is 2.25. The molecule has 0 fully saturated rings. The van der Waals surface area contributed by atoms with Gasteiger partial charge in [-0.25, -0.2) is 0 Å². The van der Waals surface area contributed by atoms with Crippen LogP contribution in [0, 0.1) is 0 Å². The number of thiophene rings is 1. The van der Waals surface area contributed by atoms with Crippen LogP contribution in [0.1, 0.15) is 22.5 Å². The second-order valence-electron chi connectivity index (χ2n) is 4.88. The van der Waals surface area contributed by atoms with Crippen LogP contribution in [-0.4, -0.2) is 32.0 Å². The van der Waals surface area contributed by atoms with Crippen molar-refractivity contribution in [2.75, 3.05) is 20.3 Å². The Kier molecular flexibility index (Phi) is 7.08. The first-order valence-electron chi connectivity index (χ1n) is 7.41. The van der Waals surface area contributed by atoms with Crippen LogP contribution < -0.4 is 14.8 Å². The molecule has 0 radical (unpaired) electrons. The molecule has 0 spiro atoms. The molecule has 0 aliphatic heterocycles. The minimum Gasteiger partial charge on any atom is -0.493 e. The summed E-state index contributed by atoms with van der Waals surface area (Å²) in [6, 6.07) is 10.6. The standard InChI is InChI=1S/C17H18ClNO4S/c1-22-13-4-2-3-5-14(13)23-11-10-19-17(21)9-6-12(20)15-7-8-16(18)24-15/h2-5,7-8H,6,9-11H2,1H3,(H,19,21). The Morgan fingerprint density at radius 1 is 1.12 bits per heavy atom. The van der Waals surface area contributed by atoms with Gasteiger partial charge in [-0.1, -0.05) is 23.7 Å². The number of benzene rings is 1. The first-order valence-corrected chi connectivity index (χ1v) is 8.60. The summed E-state index contributed by atoms with van der Waals surface area (Å²) in [7, 11) is 1.57. The zero-order valence-corrected chi connectivity index (χ0v) is 14.8. The highest BCUT2D eigenvalue weighted by atomic mass is 35.5. The molecule has 24 heavy (non-hydrogen) atoms. The van der Waals surface area contributed by atoms with Crippen molar-refractivity contribution < 1.29 is 19.1 Å². The summed E-state index contributed by atoms with van der Waals surface area (Å²) in [5, 5.41) is 2.72. The Hall–Kier alpha value is -2.05. The van der Waals surface area contributed by atoms with Crippen LogP contribution in [0.5, 0.6) is 11.5 Å². The normalized spacial score (nSPS) is 10.2. The third kappa shape index (κ3) is 5.54. The zero-order valence-electron chi connectivity index (χ0n) is 13.2. The number of rotatable bonds is 9. The van der Waals surface area contributed by atoms with Crippen LogP contribution in [0.4, 0.5) is 0 Å². The van der Waals surface area contributed by atoms with E-state index in [2.05, 4.69) is 5.32 Å². The van der Waals surface area contributed by atoms with Gasteiger partial charge in [-0.15, -0.1) is 11.3 Å². The smallest absolute Gasteiger partial charge is 0.220 e. The number of para-hydroxylation sites is 2. The molecule has 128 valence electrons. The lowest BCUT2D eigenvalue weighted by molar-refractivity contribution is -0.121. The monoisotopic (exact) mass is 367 g/mol. The minimum absolute atomic E-state index is 0.0766. The van der Waals surface area contributed by atoms with Gasteiger partial charge in [0.15, 0.2) is 17.3 Å². The number of ether oxygens (including phenoxy) is 2. The van der Waals surface area contributed by atoms with E-state index in [-0.39, 0.29) is 24.5 Å².